The molecule has 0 fully saturated rings. The average Bonchev–Trinajstić information content (AvgIpc) is 3.18. The highest BCUT2D eigenvalue weighted by Crippen LogP contribution is 2.31. The Morgan fingerprint density at radius 1 is 0.380 bits per heavy atom. The zero-order valence-corrected chi connectivity index (χ0v) is 27.8. The van der Waals surface area contributed by atoms with E-state index in [0.717, 1.165) is 35.6 Å². The predicted molar refractivity (Wildman–Crippen MR) is 208 cm³/mol. The Labute approximate surface area is 293 Å². The van der Waals surface area contributed by atoms with Crippen molar-refractivity contribution >= 4 is 22.8 Å². The highest BCUT2D eigenvalue weighted by Gasteiger charge is 2.19. The Kier molecular flexibility index (Phi) is 7.75. The minimum atomic E-state index is 0.612. The Morgan fingerprint density at radius 2 is 0.820 bits per heavy atom. The number of fused-ring (bicyclic) bond motifs is 1. The lowest BCUT2D eigenvalue weighted by molar-refractivity contribution is 0.958. The third-order valence-electron chi connectivity index (χ3n) is 9.80. The number of hydrogen-bond acceptors (Lipinski definition) is 4. The van der Waals surface area contributed by atoms with Crippen LogP contribution in [0.15, 0.2) is 180 Å². The summed E-state index contributed by atoms with van der Waals surface area (Å²) in [7, 11) is 0. The van der Waals surface area contributed by atoms with E-state index in [2.05, 4.69) is 180 Å². The first kappa shape index (κ1) is 29.8. The van der Waals surface area contributed by atoms with Crippen molar-refractivity contribution in [2.75, 3.05) is 9.80 Å². The third-order valence-corrected chi connectivity index (χ3v) is 9.80. The zero-order valence-electron chi connectivity index (χ0n) is 27.8. The van der Waals surface area contributed by atoms with E-state index in [1.54, 1.807) is 0 Å². The second kappa shape index (κ2) is 13.0. The van der Waals surface area contributed by atoms with E-state index < -0.39 is 0 Å². The van der Waals surface area contributed by atoms with Crippen LogP contribution in [0.25, 0.3) is 22.3 Å². The molecule has 8 aliphatic rings. The highest BCUT2D eigenvalue weighted by molar-refractivity contribution is 6.14. The molecule has 0 atom stereocenters. The molecule has 0 saturated carbocycles. The van der Waals surface area contributed by atoms with Crippen molar-refractivity contribution in [3.63, 3.8) is 0 Å². The smallest absolute Gasteiger partial charge is 0.0686 e. The van der Waals surface area contributed by atoms with Gasteiger partial charge in [-0.1, -0.05) is 121 Å². The zero-order chi connectivity index (χ0) is 33.3. The van der Waals surface area contributed by atoms with E-state index in [1.165, 1.54) is 55.9 Å². The van der Waals surface area contributed by atoms with Gasteiger partial charge in [-0.15, -0.1) is 0 Å². The molecule has 0 aliphatic carbocycles. The fourth-order valence-corrected chi connectivity index (χ4v) is 7.14. The van der Waals surface area contributed by atoms with Crippen molar-refractivity contribution in [1.29, 1.82) is 0 Å². The second-order valence-corrected chi connectivity index (χ2v) is 13.1. The molecule has 4 nitrogen and oxygen atoms in total. The summed E-state index contributed by atoms with van der Waals surface area (Å²) in [5.41, 5.74) is 16.4. The van der Waals surface area contributed by atoms with Crippen molar-refractivity contribution < 1.29 is 0 Å². The second-order valence-electron chi connectivity index (χ2n) is 13.1. The van der Waals surface area contributed by atoms with E-state index in [0.29, 0.717) is 13.1 Å². The molecule has 240 valence electrons. The monoisotopic (exact) mass is 644 g/mol. The van der Waals surface area contributed by atoms with Gasteiger partial charge in [0.05, 0.1) is 35.9 Å². The van der Waals surface area contributed by atoms with Crippen molar-refractivity contribution in [3.8, 4) is 22.3 Å². The number of aliphatic imine (C=N–C) groups is 2. The SMILES string of the molecule is C1=CN2Cc3ccc(cc3)-c3ccc(cc3)CN3C=CC(=NCc4cccc(c4)-c4cccc(c4)CN=C1c1ccccc12)c1ccccc13. The van der Waals surface area contributed by atoms with Gasteiger partial charge in [-0.05, 0) is 80.9 Å². The minimum absolute atomic E-state index is 0.612. The van der Waals surface area contributed by atoms with Gasteiger partial charge < -0.3 is 9.80 Å². The fraction of sp³-hybridized carbons (Fsp3) is 0.0870. The van der Waals surface area contributed by atoms with Crippen molar-refractivity contribution in [2.24, 2.45) is 9.98 Å². The number of benzene rings is 6. The maximum atomic E-state index is 5.12. The van der Waals surface area contributed by atoms with Gasteiger partial charge in [-0.2, -0.15) is 0 Å². The van der Waals surface area contributed by atoms with Gasteiger partial charge >= 0.3 is 0 Å². The van der Waals surface area contributed by atoms with Crippen LogP contribution in [-0.4, -0.2) is 11.4 Å². The molecule has 0 spiro atoms. The largest absolute Gasteiger partial charge is 0.343 e. The van der Waals surface area contributed by atoms with Gasteiger partial charge in [0.15, 0.2) is 0 Å². The van der Waals surface area contributed by atoms with Gasteiger partial charge in [0.2, 0.25) is 0 Å². The normalized spacial score (nSPS) is 14.9. The minimum Gasteiger partial charge on any atom is -0.343 e. The van der Waals surface area contributed by atoms with Crippen LogP contribution < -0.4 is 9.80 Å². The van der Waals surface area contributed by atoms with Gasteiger partial charge in [0.25, 0.3) is 0 Å². The van der Waals surface area contributed by atoms with Crippen LogP contribution in [0.1, 0.15) is 33.4 Å². The van der Waals surface area contributed by atoms with Crippen LogP contribution >= 0.6 is 0 Å². The summed E-state index contributed by atoms with van der Waals surface area (Å²) in [6.45, 7) is 2.80. The Hall–Kier alpha value is -6.26. The number of allylic oxidation sites excluding steroid dienone is 2. The van der Waals surface area contributed by atoms with Crippen LogP contribution in [0.2, 0.25) is 0 Å². The molecule has 14 rings (SSSR count). The van der Waals surface area contributed by atoms with Crippen molar-refractivity contribution in [1.82, 2.24) is 0 Å². The number of rotatable bonds is 0. The number of nitrogens with zero attached hydrogens (tertiary/aromatic N) is 4. The quantitative estimate of drug-likeness (QED) is 0.165. The third kappa shape index (κ3) is 5.97. The maximum Gasteiger partial charge on any atom is 0.0686 e. The molecular weight excluding hydrogens is 609 g/mol. The molecule has 0 unspecified atom stereocenters. The summed E-state index contributed by atoms with van der Waals surface area (Å²) in [5.74, 6) is 0. The molecule has 8 aliphatic heterocycles. The molecule has 0 saturated heterocycles. The molecule has 6 aromatic rings. The van der Waals surface area contributed by atoms with Gasteiger partial charge in [0, 0.05) is 36.6 Å². The number of para-hydroxylation sites is 2. The summed E-state index contributed by atoms with van der Waals surface area (Å²) >= 11 is 0. The van der Waals surface area contributed by atoms with Gasteiger partial charge in [-0.3, -0.25) is 9.98 Å². The van der Waals surface area contributed by atoms with E-state index >= 15 is 0 Å². The Morgan fingerprint density at radius 3 is 1.28 bits per heavy atom. The molecule has 0 aromatic heterocycles. The van der Waals surface area contributed by atoms with Gasteiger partial charge in [0.1, 0.15) is 0 Å². The topological polar surface area (TPSA) is 31.2 Å². The molecule has 0 N–H and O–H groups in total. The van der Waals surface area contributed by atoms with Crippen LogP contribution in [0.4, 0.5) is 11.4 Å². The summed E-state index contributed by atoms with van der Waals surface area (Å²) in [4.78, 5) is 14.9. The molecule has 8 heterocycles. The molecule has 50 heavy (non-hydrogen) atoms. The Bertz CT molecular complexity index is 2160. The molecule has 4 heteroatoms. The molecule has 12 bridgehead atoms. The lowest BCUT2D eigenvalue weighted by Crippen LogP contribution is -2.22. The maximum absolute atomic E-state index is 5.12. The summed E-state index contributed by atoms with van der Waals surface area (Å²) in [5, 5.41) is 0. The average molecular weight is 645 g/mol. The van der Waals surface area contributed by atoms with E-state index in [-0.39, 0.29) is 0 Å². The molecule has 0 radical (unpaired) electrons. The van der Waals surface area contributed by atoms with Crippen molar-refractivity contribution in [3.05, 3.63) is 204 Å². The van der Waals surface area contributed by atoms with E-state index in [9.17, 15) is 0 Å². The molecule has 6 aromatic carbocycles. The van der Waals surface area contributed by atoms with Gasteiger partial charge in [-0.25, -0.2) is 0 Å². The first-order valence-corrected chi connectivity index (χ1v) is 17.3. The highest BCUT2D eigenvalue weighted by atomic mass is 15.1. The van der Waals surface area contributed by atoms with Crippen LogP contribution in [0, 0.1) is 0 Å². The summed E-state index contributed by atoms with van der Waals surface area (Å²) in [6.07, 6.45) is 8.64. The first-order chi connectivity index (χ1) is 24.7. The molecular formula is C46H36N4. The first-order valence-electron chi connectivity index (χ1n) is 17.3. The lowest BCUT2D eigenvalue weighted by atomic mass is 9.99. The molecule has 0 amide bonds. The number of anilines is 2. The van der Waals surface area contributed by atoms with E-state index in [1.807, 2.05) is 0 Å². The van der Waals surface area contributed by atoms with Crippen LogP contribution in [0.5, 0.6) is 0 Å². The standard InChI is InChI=1S/C46H36N4/c1-3-13-45-41(11-1)43-23-25-49(45)31-33-15-19-37(20-16-33)38-21-17-34(18-22-38)32-50-26-24-44(42-12-2-4-14-46(42)50)48-30-36-8-6-10-40(28-36)39-9-5-7-35(27-39)29-47-43/h1-28H,29-32H2. The van der Waals surface area contributed by atoms with Crippen LogP contribution in [0.3, 0.4) is 0 Å². The summed E-state index contributed by atoms with van der Waals surface area (Å²) < 4.78 is 0. The lowest BCUT2D eigenvalue weighted by Gasteiger charge is -2.27. The van der Waals surface area contributed by atoms with Crippen LogP contribution in [-0.2, 0) is 26.2 Å². The number of hydrogen-bond donors (Lipinski definition) is 0. The Balaban J connectivity index is 1.10. The summed E-state index contributed by atoms with van der Waals surface area (Å²) in [6, 6.07) is 52.6. The van der Waals surface area contributed by atoms with Crippen molar-refractivity contribution in [2.45, 2.75) is 26.2 Å². The fourth-order valence-electron chi connectivity index (χ4n) is 7.14. The predicted octanol–water partition coefficient (Wildman–Crippen LogP) is 10.4. The van der Waals surface area contributed by atoms with E-state index in [4.69, 9.17) is 9.98 Å².